The largest absolute Gasteiger partial charge is 0.370 e. The molecule has 1 aromatic carbocycles. The Morgan fingerprint density at radius 3 is 2.41 bits per heavy atom. The Kier molecular flexibility index (Phi) is 4.34. The van der Waals surface area contributed by atoms with Crippen LogP contribution in [0.15, 0.2) is 28.2 Å². The summed E-state index contributed by atoms with van der Waals surface area (Å²) in [7, 11) is 0. The SMILES string of the molecule is CC(C)c1cc(Cl)ccc1N=C(N)N=C(N)N. The number of halogens is 1. The molecule has 0 aliphatic carbocycles. The van der Waals surface area contributed by atoms with E-state index in [1.54, 1.807) is 12.1 Å². The van der Waals surface area contributed by atoms with E-state index in [2.05, 4.69) is 9.98 Å². The van der Waals surface area contributed by atoms with Gasteiger partial charge in [0.05, 0.1) is 5.69 Å². The molecule has 0 amide bonds. The number of guanidine groups is 2. The molecule has 0 aromatic heterocycles. The van der Waals surface area contributed by atoms with Crippen molar-refractivity contribution in [2.45, 2.75) is 19.8 Å². The van der Waals surface area contributed by atoms with Gasteiger partial charge in [-0.2, -0.15) is 4.99 Å². The zero-order chi connectivity index (χ0) is 13.0. The van der Waals surface area contributed by atoms with Gasteiger partial charge in [0.1, 0.15) is 0 Å². The van der Waals surface area contributed by atoms with Crippen LogP contribution in [-0.4, -0.2) is 11.9 Å². The predicted molar refractivity (Wildman–Crippen MR) is 72.6 cm³/mol. The molecule has 0 spiro atoms. The minimum atomic E-state index is -0.119. The minimum absolute atomic E-state index is 0.0224. The fourth-order valence-corrected chi connectivity index (χ4v) is 1.55. The molecule has 1 aromatic rings. The lowest BCUT2D eigenvalue weighted by Gasteiger charge is -2.09. The molecule has 0 bridgehead atoms. The van der Waals surface area contributed by atoms with Crippen molar-refractivity contribution in [3.8, 4) is 0 Å². The van der Waals surface area contributed by atoms with Gasteiger partial charge in [-0.05, 0) is 29.7 Å². The van der Waals surface area contributed by atoms with E-state index in [1.165, 1.54) is 0 Å². The number of aliphatic imine (C=N–C) groups is 2. The van der Waals surface area contributed by atoms with Gasteiger partial charge in [0.25, 0.3) is 0 Å². The van der Waals surface area contributed by atoms with Gasteiger partial charge in [0.2, 0.25) is 5.96 Å². The number of benzene rings is 1. The molecular weight excluding hydrogens is 238 g/mol. The standard InChI is InChI=1S/C11H16ClN5/c1-6(2)8-5-7(12)3-4-9(8)16-11(15)17-10(13)14/h3-6H,1-2H3,(H6,13,14,15,16,17). The molecule has 0 heterocycles. The van der Waals surface area contributed by atoms with E-state index < -0.39 is 0 Å². The molecule has 0 radical (unpaired) electrons. The van der Waals surface area contributed by atoms with Crippen LogP contribution >= 0.6 is 11.6 Å². The highest BCUT2D eigenvalue weighted by atomic mass is 35.5. The van der Waals surface area contributed by atoms with Crippen LogP contribution in [0.25, 0.3) is 0 Å². The molecule has 0 unspecified atom stereocenters. The Morgan fingerprint density at radius 1 is 1.24 bits per heavy atom. The van der Waals surface area contributed by atoms with Crippen LogP contribution in [0.3, 0.4) is 0 Å². The molecule has 17 heavy (non-hydrogen) atoms. The van der Waals surface area contributed by atoms with E-state index in [0.29, 0.717) is 10.7 Å². The van der Waals surface area contributed by atoms with Gasteiger partial charge in [0.15, 0.2) is 5.96 Å². The fraction of sp³-hybridized carbons (Fsp3) is 0.273. The summed E-state index contributed by atoms with van der Waals surface area (Å²) >= 11 is 5.93. The van der Waals surface area contributed by atoms with Crippen molar-refractivity contribution in [1.82, 2.24) is 0 Å². The van der Waals surface area contributed by atoms with E-state index in [-0.39, 0.29) is 17.8 Å². The van der Waals surface area contributed by atoms with Crippen molar-refractivity contribution >= 4 is 29.2 Å². The Bertz CT molecular complexity index is 461. The van der Waals surface area contributed by atoms with Gasteiger partial charge in [-0.3, -0.25) is 0 Å². The average molecular weight is 254 g/mol. The van der Waals surface area contributed by atoms with Crippen LogP contribution in [0.1, 0.15) is 25.3 Å². The van der Waals surface area contributed by atoms with Gasteiger partial charge in [0, 0.05) is 5.02 Å². The molecule has 0 saturated carbocycles. The third-order valence-electron chi connectivity index (χ3n) is 2.09. The van der Waals surface area contributed by atoms with Crippen LogP contribution in [0.2, 0.25) is 5.02 Å². The number of hydrogen-bond donors (Lipinski definition) is 3. The lowest BCUT2D eigenvalue weighted by molar-refractivity contribution is 0.867. The van der Waals surface area contributed by atoms with Gasteiger partial charge in [-0.25, -0.2) is 4.99 Å². The Balaban J connectivity index is 3.18. The first-order chi connectivity index (χ1) is 7.90. The summed E-state index contributed by atoms with van der Waals surface area (Å²) in [5, 5.41) is 0.660. The maximum atomic E-state index is 5.93. The normalized spacial score (nSPS) is 11.6. The Morgan fingerprint density at radius 2 is 1.88 bits per heavy atom. The summed E-state index contributed by atoms with van der Waals surface area (Å²) in [5.41, 5.74) is 17.7. The average Bonchev–Trinajstić information content (AvgIpc) is 2.19. The Labute approximate surface area is 105 Å². The highest BCUT2D eigenvalue weighted by Gasteiger charge is 2.07. The summed E-state index contributed by atoms with van der Waals surface area (Å²) in [5.74, 6) is 0.181. The second-order valence-corrected chi connectivity index (χ2v) is 4.30. The van der Waals surface area contributed by atoms with Crippen LogP contribution in [0, 0.1) is 0 Å². The third-order valence-corrected chi connectivity index (χ3v) is 2.33. The number of nitrogens with zero attached hydrogens (tertiary/aromatic N) is 2. The first-order valence-electron chi connectivity index (χ1n) is 5.13. The maximum absolute atomic E-state index is 5.93. The number of rotatable bonds is 2. The summed E-state index contributed by atoms with van der Waals surface area (Å²) in [4.78, 5) is 7.81. The molecule has 1 rings (SSSR count). The smallest absolute Gasteiger partial charge is 0.223 e. The monoisotopic (exact) mass is 253 g/mol. The molecule has 0 fully saturated rings. The first kappa shape index (κ1) is 13.3. The van der Waals surface area contributed by atoms with E-state index >= 15 is 0 Å². The third kappa shape index (κ3) is 3.96. The molecule has 0 aliphatic heterocycles. The topological polar surface area (TPSA) is 103 Å². The molecule has 6 N–H and O–H groups in total. The first-order valence-corrected chi connectivity index (χ1v) is 5.51. The molecular formula is C11H16ClN5. The number of nitrogens with two attached hydrogens (primary N) is 3. The maximum Gasteiger partial charge on any atom is 0.223 e. The summed E-state index contributed by atoms with van der Waals surface area (Å²) in [6.07, 6.45) is 0. The molecule has 5 nitrogen and oxygen atoms in total. The van der Waals surface area contributed by atoms with E-state index in [0.717, 1.165) is 5.56 Å². The summed E-state index contributed by atoms with van der Waals surface area (Å²) < 4.78 is 0. The zero-order valence-corrected chi connectivity index (χ0v) is 10.6. The van der Waals surface area contributed by atoms with Crippen molar-refractivity contribution in [2.24, 2.45) is 27.2 Å². The van der Waals surface area contributed by atoms with Crippen LogP contribution < -0.4 is 17.2 Å². The van der Waals surface area contributed by atoms with Crippen LogP contribution in [0.5, 0.6) is 0 Å². The van der Waals surface area contributed by atoms with Gasteiger partial charge in [-0.15, -0.1) is 0 Å². The highest BCUT2D eigenvalue weighted by molar-refractivity contribution is 6.30. The highest BCUT2D eigenvalue weighted by Crippen LogP contribution is 2.29. The van der Waals surface area contributed by atoms with E-state index in [9.17, 15) is 0 Å². The summed E-state index contributed by atoms with van der Waals surface area (Å²) in [6, 6.07) is 5.38. The van der Waals surface area contributed by atoms with Gasteiger partial charge < -0.3 is 17.2 Å². The van der Waals surface area contributed by atoms with Crippen molar-refractivity contribution < 1.29 is 0 Å². The van der Waals surface area contributed by atoms with Crippen molar-refractivity contribution in [1.29, 1.82) is 0 Å². The molecule has 0 saturated heterocycles. The molecule has 0 aliphatic rings. The van der Waals surface area contributed by atoms with Crippen LogP contribution in [-0.2, 0) is 0 Å². The zero-order valence-electron chi connectivity index (χ0n) is 9.81. The van der Waals surface area contributed by atoms with Crippen molar-refractivity contribution in [3.05, 3.63) is 28.8 Å². The van der Waals surface area contributed by atoms with Crippen molar-refractivity contribution in [3.63, 3.8) is 0 Å². The summed E-state index contributed by atoms with van der Waals surface area (Å²) in [6.45, 7) is 4.09. The lowest BCUT2D eigenvalue weighted by Crippen LogP contribution is -2.26. The fourth-order valence-electron chi connectivity index (χ4n) is 1.37. The second-order valence-electron chi connectivity index (χ2n) is 3.86. The molecule has 92 valence electrons. The molecule has 6 heteroatoms. The second kappa shape index (κ2) is 5.54. The van der Waals surface area contributed by atoms with E-state index in [4.69, 9.17) is 28.8 Å². The Hall–Kier alpha value is -1.75. The van der Waals surface area contributed by atoms with Gasteiger partial charge in [-0.1, -0.05) is 25.4 Å². The predicted octanol–water partition coefficient (Wildman–Crippen LogP) is 1.68. The number of hydrogen-bond acceptors (Lipinski definition) is 1. The lowest BCUT2D eigenvalue weighted by atomic mass is 10.0. The van der Waals surface area contributed by atoms with E-state index in [1.807, 2.05) is 19.9 Å². The van der Waals surface area contributed by atoms with Gasteiger partial charge >= 0.3 is 0 Å². The van der Waals surface area contributed by atoms with Crippen LogP contribution in [0.4, 0.5) is 5.69 Å². The molecule has 0 atom stereocenters. The minimum Gasteiger partial charge on any atom is -0.370 e. The van der Waals surface area contributed by atoms with Crippen molar-refractivity contribution in [2.75, 3.05) is 0 Å². The quantitative estimate of drug-likeness (QED) is 0.552.